The van der Waals surface area contributed by atoms with Crippen molar-refractivity contribution in [3.8, 4) is 0 Å². The highest BCUT2D eigenvalue weighted by atomic mass is 35.5. The lowest BCUT2D eigenvalue weighted by Gasteiger charge is -2.43. The number of nitrogens with zero attached hydrogens (tertiary/aromatic N) is 3. The van der Waals surface area contributed by atoms with E-state index in [4.69, 9.17) is 16.7 Å². The van der Waals surface area contributed by atoms with Crippen molar-refractivity contribution in [1.29, 1.82) is 0 Å². The van der Waals surface area contributed by atoms with Gasteiger partial charge >= 0.3 is 12.1 Å². The smallest absolute Gasteiger partial charge is 0.395 e. The Kier molecular flexibility index (Phi) is 9.92. The lowest BCUT2D eigenvalue weighted by Crippen LogP contribution is -2.63. The van der Waals surface area contributed by atoms with Crippen LogP contribution in [0.3, 0.4) is 0 Å². The highest BCUT2D eigenvalue weighted by Crippen LogP contribution is 2.49. The molecule has 236 valence electrons. The molecule has 2 heterocycles. The third kappa shape index (κ3) is 6.46. The maximum absolute atomic E-state index is 14.7. The van der Waals surface area contributed by atoms with Crippen LogP contribution < -0.4 is 4.90 Å². The molecule has 0 radical (unpaired) electrons. The Morgan fingerprint density at radius 2 is 1.49 bits per heavy atom. The van der Waals surface area contributed by atoms with Crippen LogP contribution in [0.5, 0.6) is 0 Å². The highest BCUT2D eigenvalue weighted by molar-refractivity contribution is 6.34. The van der Waals surface area contributed by atoms with Gasteiger partial charge < -0.3 is 24.9 Å². The summed E-state index contributed by atoms with van der Waals surface area (Å²) in [6.07, 6.45) is -3.70. The zero-order valence-corrected chi connectivity index (χ0v) is 24.4. The van der Waals surface area contributed by atoms with Gasteiger partial charge in [0.15, 0.2) is 0 Å². The molecule has 2 amide bonds. The molecule has 0 saturated carbocycles. The summed E-state index contributed by atoms with van der Waals surface area (Å²) in [7, 11) is 1.58. The lowest BCUT2D eigenvalue weighted by atomic mass is 9.78. The Hall–Kier alpha value is -2.96. The van der Waals surface area contributed by atoms with E-state index in [-0.39, 0.29) is 44.0 Å². The van der Waals surface area contributed by atoms with Gasteiger partial charge in [-0.3, -0.25) is 9.59 Å². The van der Waals surface area contributed by atoms with Gasteiger partial charge in [-0.05, 0) is 61.3 Å². The number of aliphatic hydroxyl groups excluding tert-OH is 1. The lowest BCUT2D eigenvalue weighted by molar-refractivity contribution is -0.339. The number of hydrogen-bond donors (Lipinski definition) is 2. The van der Waals surface area contributed by atoms with E-state index in [1.54, 1.807) is 19.2 Å². The van der Waals surface area contributed by atoms with Gasteiger partial charge in [0.1, 0.15) is 0 Å². The average Bonchev–Trinajstić information content (AvgIpc) is 3.00. The van der Waals surface area contributed by atoms with E-state index < -0.39 is 29.2 Å². The van der Waals surface area contributed by atoms with Crippen LogP contribution in [-0.2, 0) is 10.4 Å². The second-order valence-corrected chi connectivity index (χ2v) is 11.6. The first kappa shape index (κ1) is 32.9. The van der Waals surface area contributed by atoms with Gasteiger partial charge in [-0.15, -0.1) is 0 Å². The first-order valence-electron chi connectivity index (χ1n) is 14.1. The molecule has 2 N–H and O–H groups in total. The van der Waals surface area contributed by atoms with E-state index in [0.717, 1.165) is 35.6 Å². The number of carbonyl (C=O) groups excluding carboxylic acids is 2. The summed E-state index contributed by atoms with van der Waals surface area (Å²) in [6.45, 7) is 1.34. The maximum atomic E-state index is 14.7. The fourth-order valence-electron chi connectivity index (χ4n) is 6.09. The number of anilines is 1. The van der Waals surface area contributed by atoms with Crippen LogP contribution in [0.2, 0.25) is 5.02 Å². The van der Waals surface area contributed by atoms with Gasteiger partial charge in [0.05, 0.1) is 17.2 Å². The van der Waals surface area contributed by atoms with Crippen LogP contribution in [-0.4, -0.2) is 90.3 Å². The summed E-state index contributed by atoms with van der Waals surface area (Å²) < 4.78 is 69.7. The Morgan fingerprint density at radius 3 is 2.00 bits per heavy atom. The zero-order valence-electron chi connectivity index (χ0n) is 23.7. The van der Waals surface area contributed by atoms with Gasteiger partial charge in [0.25, 0.3) is 11.8 Å². The minimum absolute atomic E-state index is 0.0391. The number of halogens is 6. The predicted octanol–water partition coefficient (Wildman–Crippen LogP) is 4.94. The molecule has 1 atom stereocenters. The summed E-state index contributed by atoms with van der Waals surface area (Å²) in [5.74, 6) is -7.24. The Morgan fingerprint density at radius 1 is 0.930 bits per heavy atom. The van der Waals surface area contributed by atoms with Crippen molar-refractivity contribution >= 4 is 29.1 Å². The summed E-state index contributed by atoms with van der Waals surface area (Å²) in [5.41, 5.74) is -3.70. The first-order chi connectivity index (χ1) is 20.2. The summed E-state index contributed by atoms with van der Waals surface area (Å²) in [6, 6.07) is 10.8. The third-order valence-corrected chi connectivity index (χ3v) is 8.99. The Bertz CT molecular complexity index is 1280. The van der Waals surface area contributed by atoms with Crippen LogP contribution in [0, 0.1) is 11.8 Å². The van der Waals surface area contributed by atoms with E-state index in [1.807, 2.05) is 6.07 Å². The first-order valence-corrected chi connectivity index (χ1v) is 14.5. The number of rotatable bonds is 8. The third-order valence-electron chi connectivity index (χ3n) is 8.67. The quantitative estimate of drug-likeness (QED) is 0.403. The summed E-state index contributed by atoms with van der Waals surface area (Å²) in [5, 5.41) is 20.2. The molecular formula is C30H35ClF5N3O4. The average molecular weight is 632 g/mol. The number of likely N-dealkylation sites (tertiary alicyclic amines) is 1. The van der Waals surface area contributed by atoms with Crippen molar-refractivity contribution in [3.63, 3.8) is 0 Å². The van der Waals surface area contributed by atoms with Crippen molar-refractivity contribution in [3.05, 3.63) is 64.7 Å². The van der Waals surface area contributed by atoms with Crippen LogP contribution in [0.25, 0.3) is 0 Å². The molecule has 2 aliphatic heterocycles. The molecule has 0 aromatic heterocycles. The van der Waals surface area contributed by atoms with Gasteiger partial charge in [0, 0.05) is 45.5 Å². The number of benzene rings is 2. The van der Waals surface area contributed by atoms with Gasteiger partial charge in [0.2, 0.25) is 5.60 Å². The van der Waals surface area contributed by atoms with Crippen molar-refractivity contribution < 1.29 is 41.8 Å². The fourth-order valence-corrected chi connectivity index (χ4v) is 6.34. The maximum Gasteiger partial charge on any atom is 0.457 e. The second-order valence-electron chi connectivity index (χ2n) is 11.2. The molecule has 0 bridgehead atoms. The molecule has 2 aromatic rings. The van der Waals surface area contributed by atoms with E-state index in [2.05, 4.69) is 4.90 Å². The van der Waals surface area contributed by atoms with E-state index in [0.29, 0.717) is 36.5 Å². The molecule has 13 heteroatoms. The molecule has 2 aliphatic rings. The molecule has 43 heavy (non-hydrogen) atoms. The van der Waals surface area contributed by atoms with Crippen molar-refractivity contribution in [1.82, 2.24) is 9.80 Å². The van der Waals surface area contributed by atoms with Crippen LogP contribution in [0.15, 0.2) is 48.5 Å². The molecule has 2 saturated heterocycles. The number of carbonyl (C=O) groups is 2. The summed E-state index contributed by atoms with van der Waals surface area (Å²) >= 11 is 6.41. The Labute approximate surface area is 251 Å². The van der Waals surface area contributed by atoms with Gasteiger partial charge in [-0.1, -0.05) is 41.9 Å². The number of aliphatic hydroxyl groups is 2. The summed E-state index contributed by atoms with van der Waals surface area (Å²) in [4.78, 5) is 30.2. The number of hydrogen-bond acceptors (Lipinski definition) is 5. The van der Waals surface area contributed by atoms with Crippen LogP contribution >= 0.6 is 11.6 Å². The van der Waals surface area contributed by atoms with E-state index >= 15 is 0 Å². The van der Waals surface area contributed by atoms with Crippen LogP contribution in [0.1, 0.15) is 41.6 Å². The molecule has 4 rings (SSSR count). The SMILES string of the molecule is CN(CCO)C(=O)c1ccc(N2CCC(C3CCN(C(=O)[C@](O)(c4ccccc4)C(F)(F)C(F)(F)F)CC3)CC2)cc1Cl. The second kappa shape index (κ2) is 13.0. The predicted molar refractivity (Wildman–Crippen MR) is 151 cm³/mol. The van der Waals surface area contributed by atoms with Crippen molar-refractivity contribution in [2.24, 2.45) is 11.8 Å². The van der Waals surface area contributed by atoms with Crippen molar-refractivity contribution in [2.45, 2.75) is 43.4 Å². The topological polar surface area (TPSA) is 84.3 Å². The molecule has 0 aliphatic carbocycles. The largest absolute Gasteiger partial charge is 0.457 e. The number of likely N-dealkylation sites (N-methyl/N-ethyl adjacent to an activating group) is 1. The molecule has 2 aromatic carbocycles. The monoisotopic (exact) mass is 631 g/mol. The number of amides is 2. The van der Waals surface area contributed by atoms with Gasteiger partial charge in [-0.25, -0.2) is 0 Å². The number of piperidine rings is 2. The zero-order chi connectivity index (χ0) is 31.6. The van der Waals surface area contributed by atoms with E-state index in [1.165, 1.54) is 23.1 Å². The normalized spacial score (nSPS) is 18.8. The van der Waals surface area contributed by atoms with E-state index in [9.17, 15) is 36.6 Å². The van der Waals surface area contributed by atoms with Crippen molar-refractivity contribution in [2.75, 3.05) is 51.3 Å². The standard InChI is InChI=1S/C30H35ClF5N3O4/c1-37(17-18-40)26(41)24-8-7-23(19-25(24)31)38-13-9-20(10-14-38)21-11-15-39(16-12-21)27(42)28(43,22-5-3-2-4-6-22)29(32,33)30(34,35)36/h2-8,19-21,40,43H,9-18H2,1H3/t28-/m1/s1. The molecule has 7 nitrogen and oxygen atoms in total. The highest BCUT2D eigenvalue weighted by Gasteiger charge is 2.74. The fraction of sp³-hybridized carbons (Fsp3) is 0.533. The molecule has 0 spiro atoms. The Balaban J connectivity index is 1.37. The molecule has 0 unspecified atom stereocenters. The number of alkyl halides is 5. The molecule has 2 fully saturated rings. The van der Waals surface area contributed by atoms with Crippen LogP contribution in [0.4, 0.5) is 27.6 Å². The van der Waals surface area contributed by atoms with Gasteiger partial charge in [-0.2, -0.15) is 22.0 Å². The minimum atomic E-state index is -6.14. The molecular weight excluding hydrogens is 597 g/mol. The minimum Gasteiger partial charge on any atom is -0.395 e.